The number of benzene rings is 1. The van der Waals surface area contributed by atoms with Crippen LogP contribution in [0.5, 0.6) is 5.75 Å². The minimum absolute atomic E-state index is 0.0520. The van der Waals surface area contributed by atoms with Crippen molar-refractivity contribution in [2.45, 2.75) is 0 Å². The van der Waals surface area contributed by atoms with Crippen LogP contribution in [0.25, 0.3) is 0 Å². The van der Waals surface area contributed by atoms with Crippen molar-refractivity contribution in [1.82, 2.24) is 0 Å². The Balaban J connectivity index is 2.18. The predicted octanol–water partition coefficient (Wildman–Crippen LogP) is 2.85. The number of nitrogens with one attached hydrogen (secondary N) is 1. The SMILES string of the molecule is O=C(Nc1ccc(O)cc1F)c1cccs1. The number of thiophene rings is 1. The Bertz CT molecular complexity index is 511. The minimum Gasteiger partial charge on any atom is -0.508 e. The van der Waals surface area contributed by atoms with Gasteiger partial charge in [0.1, 0.15) is 11.6 Å². The van der Waals surface area contributed by atoms with Gasteiger partial charge in [-0.15, -0.1) is 11.3 Å². The lowest BCUT2D eigenvalue weighted by Crippen LogP contribution is -2.11. The Morgan fingerprint density at radius 1 is 1.38 bits per heavy atom. The van der Waals surface area contributed by atoms with E-state index in [1.165, 1.54) is 23.5 Å². The van der Waals surface area contributed by atoms with Gasteiger partial charge in [-0.05, 0) is 23.6 Å². The molecule has 2 aromatic rings. The van der Waals surface area contributed by atoms with E-state index in [-0.39, 0.29) is 17.3 Å². The Hall–Kier alpha value is -1.88. The molecule has 1 aromatic heterocycles. The molecule has 2 rings (SSSR count). The number of phenols is 1. The first-order chi connectivity index (χ1) is 7.66. The zero-order valence-electron chi connectivity index (χ0n) is 8.11. The van der Waals surface area contributed by atoms with E-state index in [9.17, 15) is 9.18 Å². The molecule has 0 radical (unpaired) electrons. The fourth-order valence-corrected chi connectivity index (χ4v) is 1.82. The molecule has 0 aliphatic rings. The molecule has 2 N–H and O–H groups in total. The van der Waals surface area contributed by atoms with Gasteiger partial charge in [-0.25, -0.2) is 4.39 Å². The molecule has 1 aromatic carbocycles. The van der Waals surface area contributed by atoms with Crippen LogP contribution in [0, 0.1) is 5.82 Å². The fourth-order valence-electron chi connectivity index (χ4n) is 1.20. The van der Waals surface area contributed by atoms with Crippen molar-refractivity contribution in [1.29, 1.82) is 0 Å². The van der Waals surface area contributed by atoms with E-state index in [4.69, 9.17) is 5.11 Å². The first-order valence-electron chi connectivity index (χ1n) is 4.50. The largest absolute Gasteiger partial charge is 0.508 e. The summed E-state index contributed by atoms with van der Waals surface area (Å²) in [7, 11) is 0. The molecular formula is C11H8FNO2S. The third kappa shape index (κ3) is 2.20. The molecule has 0 aliphatic carbocycles. The molecule has 16 heavy (non-hydrogen) atoms. The third-order valence-electron chi connectivity index (χ3n) is 1.95. The number of rotatable bonds is 2. The average Bonchev–Trinajstić information content (AvgIpc) is 2.75. The van der Waals surface area contributed by atoms with Gasteiger partial charge < -0.3 is 10.4 Å². The number of halogens is 1. The normalized spacial score (nSPS) is 10.1. The predicted molar refractivity (Wildman–Crippen MR) is 60.3 cm³/mol. The molecular weight excluding hydrogens is 229 g/mol. The summed E-state index contributed by atoms with van der Waals surface area (Å²) in [5.41, 5.74) is 0.0520. The maximum absolute atomic E-state index is 13.3. The lowest BCUT2D eigenvalue weighted by Gasteiger charge is -2.04. The summed E-state index contributed by atoms with van der Waals surface area (Å²) in [5.74, 6) is -1.20. The highest BCUT2D eigenvalue weighted by molar-refractivity contribution is 7.12. The van der Waals surface area contributed by atoms with Gasteiger partial charge in [0.25, 0.3) is 5.91 Å². The van der Waals surface area contributed by atoms with Crippen LogP contribution < -0.4 is 5.32 Å². The second kappa shape index (κ2) is 4.32. The van der Waals surface area contributed by atoms with E-state index in [0.717, 1.165) is 6.07 Å². The number of phenolic OH excluding ortho intramolecular Hbond substituents is 1. The zero-order chi connectivity index (χ0) is 11.5. The molecule has 0 aliphatic heterocycles. The smallest absolute Gasteiger partial charge is 0.265 e. The summed E-state index contributed by atoms with van der Waals surface area (Å²) in [6.45, 7) is 0. The first kappa shape index (κ1) is 10.6. The Kier molecular flexibility index (Phi) is 2.87. The van der Waals surface area contributed by atoms with Crippen molar-refractivity contribution >= 4 is 22.9 Å². The summed E-state index contributed by atoms with van der Waals surface area (Å²) in [5, 5.41) is 13.2. The van der Waals surface area contributed by atoms with E-state index in [0.29, 0.717) is 4.88 Å². The first-order valence-corrected chi connectivity index (χ1v) is 5.38. The maximum atomic E-state index is 13.3. The maximum Gasteiger partial charge on any atom is 0.265 e. The van der Waals surface area contributed by atoms with Crippen LogP contribution in [0.3, 0.4) is 0 Å². The molecule has 82 valence electrons. The lowest BCUT2D eigenvalue weighted by molar-refractivity contribution is 0.103. The zero-order valence-corrected chi connectivity index (χ0v) is 8.92. The van der Waals surface area contributed by atoms with Gasteiger partial charge in [0.05, 0.1) is 10.6 Å². The molecule has 0 saturated carbocycles. The van der Waals surface area contributed by atoms with E-state index >= 15 is 0 Å². The van der Waals surface area contributed by atoms with Crippen molar-refractivity contribution in [3.63, 3.8) is 0 Å². The molecule has 0 bridgehead atoms. The lowest BCUT2D eigenvalue weighted by atomic mass is 10.3. The summed E-state index contributed by atoms with van der Waals surface area (Å²) in [6.07, 6.45) is 0. The molecule has 1 heterocycles. The molecule has 0 atom stereocenters. The molecule has 3 nitrogen and oxygen atoms in total. The Morgan fingerprint density at radius 2 is 2.19 bits per heavy atom. The highest BCUT2D eigenvalue weighted by atomic mass is 32.1. The Labute approximate surface area is 95.2 Å². The summed E-state index contributed by atoms with van der Waals surface area (Å²) in [6, 6.07) is 6.97. The van der Waals surface area contributed by atoms with Gasteiger partial charge in [0, 0.05) is 6.07 Å². The quantitative estimate of drug-likeness (QED) is 0.789. The minimum atomic E-state index is -0.662. The average molecular weight is 237 g/mol. The topological polar surface area (TPSA) is 49.3 Å². The van der Waals surface area contributed by atoms with E-state index in [1.807, 2.05) is 0 Å². The van der Waals surface area contributed by atoms with Gasteiger partial charge in [0.15, 0.2) is 0 Å². The third-order valence-corrected chi connectivity index (χ3v) is 2.81. The van der Waals surface area contributed by atoms with Gasteiger partial charge >= 0.3 is 0 Å². The van der Waals surface area contributed by atoms with Crippen LogP contribution in [0.15, 0.2) is 35.7 Å². The van der Waals surface area contributed by atoms with Crippen molar-refractivity contribution in [2.24, 2.45) is 0 Å². The van der Waals surface area contributed by atoms with Crippen molar-refractivity contribution in [3.8, 4) is 5.75 Å². The van der Waals surface area contributed by atoms with Gasteiger partial charge in [-0.3, -0.25) is 4.79 Å². The monoisotopic (exact) mass is 237 g/mol. The van der Waals surface area contributed by atoms with Crippen LogP contribution in [0.1, 0.15) is 9.67 Å². The number of amides is 1. The Morgan fingerprint density at radius 3 is 2.81 bits per heavy atom. The summed E-state index contributed by atoms with van der Waals surface area (Å²) >= 11 is 1.28. The van der Waals surface area contributed by atoms with E-state index in [2.05, 4.69) is 5.32 Å². The highest BCUT2D eigenvalue weighted by Gasteiger charge is 2.10. The van der Waals surface area contributed by atoms with E-state index < -0.39 is 5.82 Å². The van der Waals surface area contributed by atoms with Crippen molar-refractivity contribution in [3.05, 3.63) is 46.4 Å². The highest BCUT2D eigenvalue weighted by Crippen LogP contribution is 2.20. The summed E-state index contributed by atoms with van der Waals surface area (Å²) < 4.78 is 13.3. The molecule has 0 unspecified atom stereocenters. The fraction of sp³-hybridized carbons (Fsp3) is 0. The van der Waals surface area contributed by atoms with Crippen LogP contribution >= 0.6 is 11.3 Å². The molecule has 5 heteroatoms. The molecule has 0 fully saturated rings. The standard InChI is InChI=1S/C11H8FNO2S/c12-8-6-7(14)3-4-9(8)13-11(15)10-2-1-5-16-10/h1-6,14H,(H,13,15). The number of carbonyl (C=O) groups excluding carboxylic acids is 1. The number of hydrogen-bond donors (Lipinski definition) is 2. The molecule has 1 amide bonds. The van der Waals surface area contributed by atoms with Gasteiger partial charge in [-0.2, -0.15) is 0 Å². The summed E-state index contributed by atoms with van der Waals surface area (Å²) in [4.78, 5) is 12.1. The molecule has 0 spiro atoms. The van der Waals surface area contributed by atoms with Crippen molar-refractivity contribution < 1.29 is 14.3 Å². The second-order valence-corrected chi connectivity index (χ2v) is 4.04. The van der Waals surface area contributed by atoms with E-state index in [1.54, 1.807) is 17.5 Å². The van der Waals surface area contributed by atoms with Crippen LogP contribution in [-0.4, -0.2) is 11.0 Å². The number of carbonyl (C=O) groups is 1. The van der Waals surface area contributed by atoms with Crippen molar-refractivity contribution in [2.75, 3.05) is 5.32 Å². The van der Waals surface area contributed by atoms with Crippen LogP contribution in [0.4, 0.5) is 10.1 Å². The second-order valence-electron chi connectivity index (χ2n) is 3.10. The number of anilines is 1. The van der Waals surface area contributed by atoms with Gasteiger partial charge in [-0.1, -0.05) is 6.07 Å². The molecule has 0 saturated heterocycles. The van der Waals surface area contributed by atoms with Gasteiger partial charge in [0.2, 0.25) is 0 Å². The number of hydrogen-bond acceptors (Lipinski definition) is 3. The van der Waals surface area contributed by atoms with Crippen LogP contribution in [-0.2, 0) is 0 Å². The number of aromatic hydroxyl groups is 1. The van der Waals surface area contributed by atoms with Crippen LogP contribution in [0.2, 0.25) is 0 Å².